The van der Waals surface area contributed by atoms with Gasteiger partial charge < -0.3 is 10.4 Å². The normalized spacial score (nSPS) is 10.7. The number of hydrogen-bond acceptors (Lipinski definition) is 3. The Kier molecular flexibility index (Phi) is 4.53. The highest BCUT2D eigenvalue weighted by Crippen LogP contribution is 2.07. The van der Waals surface area contributed by atoms with Crippen LogP contribution in [0.25, 0.3) is 0 Å². The van der Waals surface area contributed by atoms with E-state index in [1.165, 1.54) is 5.56 Å². The summed E-state index contributed by atoms with van der Waals surface area (Å²) < 4.78 is 1.92. The minimum Gasteiger partial charge on any atom is -0.478 e. The molecule has 0 spiro atoms. The maximum absolute atomic E-state index is 10.8. The first-order valence-electron chi connectivity index (χ1n) is 6.66. The van der Waals surface area contributed by atoms with E-state index in [0.29, 0.717) is 12.1 Å². The number of aromatic nitrogens is 2. The summed E-state index contributed by atoms with van der Waals surface area (Å²) >= 11 is 0. The molecule has 0 unspecified atom stereocenters. The van der Waals surface area contributed by atoms with Crippen molar-refractivity contribution in [2.24, 2.45) is 0 Å². The summed E-state index contributed by atoms with van der Waals surface area (Å²) in [5, 5.41) is 16.6. The number of rotatable bonds is 6. The van der Waals surface area contributed by atoms with E-state index in [0.717, 1.165) is 24.3 Å². The molecule has 2 aromatic rings. The fourth-order valence-corrected chi connectivity index (χ4v) is 2.00. The highest BCUT2D eigenvalue weighted by Gasteiger charge is 2.04. The minimum atomic E-state index is -0.896. The zero-order chi connectivity index (χ0) is 14.5. The molecule has 1 aromatic heterocycles. The molecule has 0 amide bonds. The average Bonchev–Trinajstić information content (AvgIpc) is 2.80. The lowest BCUT2D eigenvalue weighted by Crippen LogP contribution is -2.13. The van der Waals surface area contributed by atoms with Gasteiger partial charge in [-0.05, 0) is 31.5 Å². The number of nitrogens with zero attached hydrogens (tertiary/aromatic N) is 2. The lowest BCUT2D eigenvalue weighted by atomic mass is 10.1. The van der Waals surface area contributed by atoms with Crippen LogP contribution in [0, 0.1) is 6.92 Å². The smallest absolute Gasteiger partial charge is 0.335 e. The van der Waals surface area contributed by atoms with E-state index in [2.05, 4.69) is 23.5 Å². The maximum atomic E-state index is 10.8. The summed E-state index contributed by atoms with van der Waals surface area (Å²) in [4.78, 5) is 10.8. The van der Waals surface area contributed by atoms with Gasteiger partial charge in [0.25, 0.3) is 0 Å². The van der Waals surface area contributed by atoms with Crippen LogP contribution in [0.15, 0.2) is 30.5 Å². The van der Waals surface area contributed by atoms with Crippen LogP contribution in [0.3, 0.4) is 0 Å². The summed E-state index contributed by atoms with van der Waals surface area (Å²) in [5.41, 5.74) is 3.61. The lowest BCUT2D eigenvalue weighted by Gasteiger charge is -2.04. The SMILES string of the molecule is CCn1cc(CNCc2ccc(C(=O)O)cc2)c(C)n1. The minimum absolute atomic E-state index is 0.314. The molecule has 2 N–H and O–H groups in total. The second-order valence-corrected chi connectivity index (χ2v) is 4.70. The van der Waals surface area contributed by atoms with Crippen LogP contribution in [-0.4, -0.2) is 20.9 Å². The largest absolute Gasteiger partial charge is 0.478 e. The Morgan fingerprint density at radius 2 is 2.00 bits per heavy atom. The van der Waals surface area contributed by atoms with Crippen molar-refractivity contribution in [1.29, 1.82) is 0 Å². The number of carboxylic acids is 1. The second-order valence-electron chi connectivity index (χ2n) is 4.70. The molecule has 0 aliphatic rings. The monoisotopic (exact) mass is 273 g/mol. The van der Waals surface area contributed by atoms with Crippen molar-refractivity contribution in [3.63, 3.8) is 0 Å². The number of hydrogen-bond donors (Lipinski definition) is 2. The fraction of sp³-hybridized carbons (Fsp3) is 0.333. The first-order valence-corrected chi connectivity index (χ1v) is 6.66. The predicted molar refractivity (Wildman–Crippen MR) is 76.6 cm³/mol. The van der Waals surface area contributed by atoms with Gasteiger partial charge in [0.1, 0.15) is 0 Å². The van der Waals surface area contributed by atoms with Gasteiger partial charge in [0.05, 0.1) is 11.3 Å². The van der Waals surface area contributed by atoms with Gasteiger partial charge in [-0.15, -0.1) is 0 Å². The van der Waals surface area contributed by atoms with E-state index in [1.807, 2.05) is 23.7 Å². The van der Waals surface area contributed by atoms with Crippen molar-refractivity contribution in [3.05, 3.63) is 52.8 Å². The molecule has 5 nitrogen and oxygen atoms in total. The van der Waals surface area contributed by atoms with Crippen LogP contribution in [-0.2, 0) is 19.6 Å². The molecule has 0 saturated heterocycles. The summed E-state index contributed by atoms with van der Waals surface area (Å²) in [5.74, 6) is -0.896. The van der Waals surface area contributed by atoms with E-state index >= 15 is 0 Å². The molecule has 0 aliphatic carbocycles. The molecule has 0 radical (unpaired) electrons. The first kappa shape index (κ1) is 14.3. The number of aromatic carboxylic acids is 1. The predicted octanol–water partition coefficient (Wildman–Crippen LogP) is 2.20. The highest BCUT2D eigenvalue weighted by atomic mass is 16.4. The Bertz CT molecular complexity index is 588. The van der Waals surface area contributed by atoms with Crippen molar-refractivity contribution < 1.29 is 9.90 Å². The summed E-state index contributed by atoms with van der Waals surface area (Å²) in [6.07, 6.45) is 2.05. The van der Waals surface area contributed by atoms with Crippen LogP contribution >= 0.6 is 0 Å². The summed E-state index contributed by atoms with van der Waals surface area (Å²) in [6.45, 7) is 6.40. The van der Waals surface area contributed by atoms with Gasteiger partial charge in [-0.25, -0.2) is 4.79 Å². The topological polar surface area (TPSA) is 67.2 Å². The van der Waals surface area contributed by atoms with Crippen LogP contribution in [0.4, 0.5) is 0 Å². The van der Waals surface area contributed by atoms with Crippen molar-refractivity contribution >= 4 is 5.97 Å². The molecule has 0 aliphatic heterocycles. The first-order chi connectivity index (χ1) is 9.60. The number of carbonyl (C=O) groups is 1. The molecule has 2 rings (SSSR count). The van der Waals surface area contributed by atoms with E-state index in [1.54, 1.807) is 12.1 Å². The van der Waals surface area contributed by atoms with Crippen LogP contribution in [0.2, 0.25) is 0 Å². The van der Waals surface area contributed by atoms with E-state index < -0.39 is 5.97 Å². The molecular weight excluding hydrogens is 254 g/mol. The Morgan fingerprint density at radius 1 is 1.30 bits per heavy atom. The maximum Gasteiger partial charge on any atom is 0.335 e. The third kappa shape index (κ3) is 3.45. The van der Waals surface area contributed by atoms with Gasteiger partial charge in [-0.1, -0.05) is 12.1 Å². The Labute approximate surface area is 118 Å². The lowest BCUT2D eigenvalue weighted by molar-refractivity contribution is 0.0697. The Balaban J connectivity index is 1.89. The van der Waals surface area contributed by atoms with Crippen molar-refractivity contribution in [2.45, 2.75) is 33.5 Å². The third-order valence-corrected chi connectivity index (χ3v) is 3.22. The zero-order valence-electron chi connectivity index (χ0n) is 11.8. The van der Waals surface area contributed by atoms with E-state index in [4.69, 9.17) is 5.11 Å². The van der Waals surface area contributed by atoms with Crippen LogP contribution < -0.4 is 5.32 Å². The molecule has 1 heterocycles. The molecule has 106 valence electrons. The molecule has 0 fully saturated rings. The van der Waals surface area contributed by atoms with Crippen molar-refractivity contribution in [2.75, 3.05) is 0 Å². The molecule has 0 saturated carbocycles. The summed E-state index contributed by atoms with van der Waals surface area (Å²) in [7, 11) is 0. The highest BCUT2D eigenvalue weighted by molar-refractivity contribution is 5.87. The molecule has 0 atom stereocenters. The van der Waals surface area contributed by atoms with Gasteiger partial charge in [-0.2, -0.15) is 5.10 Å². The van der Waals surface area contributed by atoms with E-state index in [9.17, 15) is 4.79 Å². The van der Waals surface area contributed by atoms with Crippen LogP contribution in [0.5, 0.6) is 0 Å². The number of carboxylic acid groups (broad SMARTS) is 1. The third-order valence-electron chi connectivity index (χ3n) is 3.22. The fourth-order valence-electron chi connectivity index (χ4n) is 2.00. The second kappa shape index (κ2) is 6.34. The summed E-state index contributed by atoms with van der Waals surface area (Å²) in [6, 6.07) is 6.91. The molecule has 1 aromatic carbocycles. The molecule has 5 heteroatoms. The molecule has 20 heavy (non-hydrogen) atoms. The van der Waals surface area contributed by atoms with Gasteiger partial charge >= 0.3 is 5.97 Å². The number of nitrogens with one attached hydrogen (secondary N) is 1. The zero-order valence-corrected chi connectivity index (χ0v) is 11.8. The number of benzene rings is 1. The Morgan fingerprint density at radius 3 is 2.55 bits per heavy atom. The van der Waals surface area contributed by atoms with Gasteiger partial charge in [-0.3, -0.25) is 4.68 Å². The van der Waals surface area contributed by atoms with Crippen molar-refractivity contribution in [3.8, 4) is 0 Å². The number of aryl methyl sites for hydroxylation is 2. The van der Waals surface area contributed by atoms with Crippen LogP contribution in [0.1, 0.15) is 34.1 Å². The van der Waals surface area contributed by atoms with Crippen molar-refractivity contribution in [1.82, 2.24) is 15.1 Å². The quantitative estimate of drug-likeness (QED) is 0.846. The van der Waals surface area contributed by atoms with Gasteiger partial charge in [0.15, 0.2) is 0 Å². The van der Waals surface area contributed by atoms with Gasteiger partial charge in [0.2, 0.25) is 0 Å². The Hall–Kier alpha value is -2.14. The molecular formula is C15H19N3O2. The van der Waals surface area contributed by atoms with E-state index in [-0.39, 0.29) is 0 Å². The molecule has 0 bridgehead atoms. The average molecular weight is 273 g/mol. The van der Waals surface area contributed by atoms with Gasteiger partial charge in [0, 0.05) is 31.4 Å². The standard InChI is InChI=1S/C15H19N3O2/c1-3-18-10-14(11(2)17-18)9-16-8-12-4-6-13(7-5-12)15(19)20/h4-7,10,16H,3,8-9H2,1-2H3,(H,19,20).